The van der Waals surface area contributed by atoms with E-state index in [0.29, 0.717) is 24.3 Å². The number of carboxylic acid groups (broad SMARTS) is 8. The quantitative estimate of drug-likeness (QED) is 0.179. The van der Waals surface area contributed by atoms with Gasteiger partial charge in [-0.05, 0) is 24.3 Å². The molecule has 2 rings (SSSR count). The third-order valence-electron chi connectivity index (χ3n) is 4.12. The summed E-state index contributed by atoms with van der Waals surface area (Å²) in [5.74, 6) is -14.6. The van der Waals surface area contributed by atoms with E-state index < -0.39 is 92.3 Å². The Morgan fingerprint density at radius 2 is 0.438 bits per heavy atom. The number of carboxylic acids is 8. The third kappa shape index (κ3) is 19.1. The molecule has 0 aliphatic heterocycles. The van der Waals surface area contributed by atoms with Gasteiger partial charge in [-0.1, -0.05) is 0 Å². The van der Waals surface area contributed by atoms with Crippen LogP contribution in [0.2, 0.25) is 0 Å². The van der Waals surface area contributed by atoms with Crippen molar-refractivity contribution in [2.75, 3.05) is 0 Å². The van der Waals surface area contributed by atoms with E-state index >= 15 is 0 Å². The molecule has 30 N–H and O–H groups in total. The standard InChI is InChI=1S/2C10H6O8.3Co.9H2O/c2*11-7(12)3-1-4(8(13)14)6(10(17)18)2-5(3)9(15)16;;;;;;;;;;;;/h2*1-2H,(H,11,12)(H,13,14)(H,15,16)(H,17,18);;;;9*1H2/p+4. The van der Waals surface area contributed by atoms with Crippen molar-refractivity contribution in [2.45, 2.75) is 0 Å². The maximum absolute atomic E-state index is 10.7. The van der Waals surface area contributed by atoms with Gasteiger partial charge in [0.2, 0.25) is 0 Å². The van der Waals surface area contributed by atoms with Crippen LogP contribution in [0.4, 0.5) is 0 Å². The van der Waals surface area contributed by atoms with E-state index in [1.54, 1.807) is 0 Å². The van der Waals surface area contributed by atoms with E-state index in [9.17, 15) is 58.8 Å². The van der Waals surface area contributed by atoms with Gasteiger partial charge in [-0.25, -0.2) is 19.2 Å². The molecule has 0 saturated carbocycles. The smallest absolute Gasteiger partial charge is 0.336 e. The fourth-order valence-electron chi connectivity index (χ4n) is 2.58. The summed E-state index contributed by atoms with van der Waals surface area (Å²) in [4.78, 5) is 85.5. The summed E-state index contributed by atoms with van der Waals surface area (Å²) >= 11 is 0. The minimum atomic E-state index is -1.93. The molecule has 0 aromatic heterocycles. The largest absolute Gasteiger partial charge is 0.545 e. The minimum absolute atomic E-state index is 0. The topological polar surface area (TPSA) is 605 Å². The first-order valence-electron chi connectivity index (χ1n) is 8.65. The van der Waals surface area contributed by atoms with Crippen LogP contribution >= 0.6 is 0 Å². The van der Waals surface area contributed by atoms with Crippen LogP contribution in [-0.2, 0) is 94.1 Å². The van der Waals surface area contributed by atoms with Gasteiger partial charge in [0.15, 0.2) is 0 Å². The van der Waals surface area contributed by atoms with Crippen molar-refractivity contribution in [1.82, 2.24) is 0 Å². The van der Waals surface area contributed by atoms with Crippen molar-refractivity contribution in [2.24, 2.45) is 0 Å². The van der Waals surface area contributed by atoms with E-state index in [2.05, 4.69) is 0 Å². The van der Waals surface area contributed by atoms with E-state index in [4.69, 9.17) is 20.4 Å². The van der Waals surface area contributed by atoms with Crippen molar-refractivity contribution < 1.29 is 179 Å². The molecule has 0 fully saturated rings. The summed E-state index contributed by atoms with van der Waals surface area (Å²) in [6.07, 6.45) is 0. The van der Waals surface area contributed by atoms with Gasteiger partial charge < -0.3 is 109 Å². The van der Waals surface area contributed by atoms with E-state index in [1.807, 2.05) is 0 Å². The molecule has 0 aliphatic carbocycles. The molecule has 25 nitrogen and oxygen atoms in total. The monoisotopic (exact) mass is 851 g/mol. The van der Waals surface area contributed by atoms with E-state index in [0.717, 1.165) is 0 Å². The average molecular weight is 851 g/mol. The summed E-state index contributed by atoms with van der Waals surface area (Å²) in [6.45, 7) is 0. The van der Waals surface area contributed by atoms with Crippen molar-refractivity contribution in [3.63, 3.8) is 0 Å². The Bertz CT molecular complexity index is 1080. The second-order valence-electron chi connectivity index (χ2n) is 6.26. The van der Waals surface area contributed by atoms with Crippen LogP contribution in [0.5, 0.6) is 0 Å². The zero-order valence-corrected chi connectivity index (χ0v) is 26.2. The van der Waals surface area contributed by atoms with E-state index in [-0.39, 0.29) is 99.6 Å². The first kappa shape index (κ1) is 79.1. The Morgan fingerprint density at radius 3 is 0.500 bits per heavy atom. The molecule has 3 radical (unpaired) electrons. The second kappa shape index (κ2) is 32.3. The predicted octanol–water partition coefficient (Wildman–Crippen LogP) is -12.6. The van der Waals surface area contributed by atoms with Gasteiger partial charge >= 0.3 is 23.9 Å². The normalized spacial score (nSPS) is 7.33. The number of carbonyl (C=O) groups is 8. The average Bonchev–Trinajstić information content (AvgIpc) is 2.76. The van der Waals surface area contributed by atoms with Gasteiger partial charge in [0.05, 0.1) is 46.1 Å². The van der Waals surface area contributed by atoms with E-state index in [1.165, 1.54) is 0 Å². The molecule has 2 aromatic carbocycles. The number of aromatic carboxylic acids is 8. The molecule has 0 atom stereocenters. The predicted molar refractivity (Wildman–Crippen MR) is 141 cm³/mol. The van der Waals surface area contributed by atoms with Crippen LogP contribution in [0.3, 0.4) is 0 Å². The molecular weight excluding hydrogens is 817 g/mol. The summed E-state index contributed by atoms with van der Waals surface area (Å²) in [5, 5.41) is 77.4. The van der Waals surface area contributed by atoms with Gasteiger partial charge in [-0.15, -0.1) is 0 Å². The van der Waals surface area contributed by atoms with Gasteiger partial charge in [0, 0.05) is 72.6 Å². The summed E-state index contributed by atoms with van der Waals surface area (Å²) in [6, 6.07) is 1.64. The maximum atomic E-state index is 10.7. The molecule has 0 heterocycles. The third-order valence-corrected chi connectivity index (χ3v) is 4.12. The summed E-state index contributed by atoms with van der Waals surface area (Å²) in [7, 11) is 0. The van der Waals surface area contributed by atoms with Gasteiger partial charge in [-0.2, -0.15) is 0 Å². The van der Waals surface area contributed by atoms with Gasteiger partial charge in [0.1, 0.15) is 0 Å². The number of rotatable bonds is 8. The molecule has 0 saturated heterocycles. The first-order chi connectivity index (χ1) is 16.5. The van der Waals surface area contributed by atoms with Crippen molar-refractivity contribution in [3.05, 3.63) is 68.8 Å². The Kier molecular flexibility index (Phi) is 53.2. The fourth-order valence-corrected chi connectivity index (χ4v) is 2.58. The molecule has 2 aromatic rings. The number of hydrogen-bond donors (Lipinski definition) is 4. The van der Waals surface area contributed by atoms with Crippen LogP contribution in [0.15, 0.2) is 24.3 Å². The number of carbonyl (C=O) groups excluding carboxylic acids is 4. The number of hydrogen-bond acceptors (Lipinski definition) is 12. The molecular formula is C20H34Co3O25+4. The van der Waals surface area contributed by atoms with Gasteiger partial charge in [-0.3, -0.25) is 0 Å². The maximum Gasteiger partial charge on any atom is 0.336 e. The Labute approximate surface area is 294 Å². The minimum Gasteiger partial charge on any atom is -0.545 e. The summed E-state index contributed by atoms with van der Waals surface area (Å²) in [5.41, 5.74) is -7.26. The Balaban J connectivity index is -0.0000000432. The van der Waals surface area contributed by atoms with Crippen LogP contribution in [0.1, 0.15) is 82.9 Å². The molecule has 0 aliphatic rings. The van der Waals surface area contributed by atoms with Crippen LogP contribution in [0, 0.1) is 0 Å². The molecule has 28 heteroatoms. The Hall–Kier alpha value is -4.64. The molecule has 48 heavy (non-hydrogen) atoms. The SMILES string of the molecule is O.O=C([O-])c1cc(C(=O)O)c(C(=O)[O-])cc1C(=O)O.O=C([O-])c1cc(C(=O)O)c(C(=O)[O-])cc1C(=O)O.[Co].[Co].[Co].[OH3+].[OH3+].[OH3+].[OH3+].[OH3+].[OH3+].[OH3+].[OH3+]. The second-order valence-corrected chi connectivity index (χ2v) is 6.26. The zero-order valence-electron chi connectivity index (χ0n) is 23.1. The molecule has 0 unspecified atom stereocenters. The summed E-state index contributed by atoms with van der Waals surface area (Å²) < 4.78 is 0. The molecule has 0 bridgehead atoms. The van der Waals surface area contributed by atoms with Crippen LogP contribution in [-0.4, -0.2) is 73.7 Å². The fraction of sp³-hybridized carbons (Fsp3) is 0. The first-order valence-corrected chi connectivity index (χ1v) is 8.65. The zero-order chi connectivity index (χ0) is 28.1. The van der Waals surface area contributed by atoms with Crippen LogP contribution < -0.4 is 20.4 Å². The van der Waals surface area contributed by atoms with Gasteiger partial charge in [0.25, 0.3) is 0 Å². The number of benzene rings is 2. The van der Waals surface area contributed by atoms with Crippen LogP contribution in [0.25, 0.3) is 0 Å². The molecule has 0 spiro atoms. The van der Waals surface area contributed by atoms with Crippen molar-refractivity contribution in [1.29, 1.82) is 0 Å². The molecule has 0 amide bonds. The van der Waals surface area contributed by atoms with Crippen molar-refractivity contribution in [3.8, 4) is 0 Å². The Morgan fingerprint density at radius 1 is 0.333 bits per heavy atom. The molecule has 287 valence electrons. The van der Waals surface area contributed by atoms with Crippen molar-refractivity contribution >= 4 is 47.8 Å².